The van der Waals surface area contributed by atoms with Gasteiger partial charge in [0, 0.05) is 12.5 Å². The van der Waals surface area contributed by atoms with Gasteiger partial charge in [0.15, 0.2) is 0 Å². The van der Waals surface area contributed by atoms with Gasteiger partial charge in [0.2, 0.25) is 5.91 Å². The Morgan fingerprint density at radius 1 is 1.31 bits per heavy atom. The Labute approximate surface area is 156 Å². The van der Waals surface area contributed by atoms with Crippen molar-refractivity contribution in [1.29, 1.82) is 0 Å². The first-order valence-electron chi connectivity index (χ1n) is 8.83. The van der Waals surface area contributed by atoms with Gasteiger partial charge in [-0.2, -0.15) is 0 Å². The number of carbonyl (C=O) groups is 1. The molecule has 2 aromatic rings. The van der Waals surface area contributed by atoms with Crippen LogP contribution in [-0.4, -0.2) is 40.7 Å². The second-order valence-electron chi connectivity index (χ2n) is 6.29. The van der Waals surface area contributed by atoms with Crippen LogP contribution in [0.5, 0.6) is 5.19 Å². The molecule has 1 aromatic heterocycles. The topological polar surface area (TPSA) is 67.4 Å². The zero-order valence-corrected chi connectivity index (χ0v) is 15.6. The molecular weight excluding hydrogens is 355 g/mol. The summed E-state index contributed by atoms with van der Waals surface area (Å²) in [5.74, 6) is -0.167. The van der Waals surface area contributed by atoms with Gasteiger partial charge in [-0.25, -0.2) is 4.39 Å². The lowest BCUT2D eigenvalue weighted by Crippen LogP contribution is -2.40. The summed E-state index contributed by atoms with van der Waals surface area (Å²) in [4.78, 5) is 14.6. The predicted molar refractivity (Wildman–Crippen MR) is 97.3 cm³/mol. The third-order valence-corrected chi connectivity index (χ3v) is 5.23. The Bertz CT molecular complexity index is 714. The minimum Gasteiger partial charge on any atom is -0.469 e. The lowest BCUT2D eigenvalue weighted by Gasteiger charge is -2.30. The lowest BCUT2D eigenvalue weighted by atomic mass is 9.96. The second kappa shape index (κ2) is 9.05. The zero-order chi connectivity index (χ0) is 18.4. The number of hydrogen-bond donors (Lipinski definition) is 1. The van der Waals surface area contributed by atoms with Gasteiger partial charge in [-0.05, 0) is 50.6 Å². The molecule has 1 aromatic carbocycles. The number of rotatable bonds is 7. The Morgan fingerprint density at radius 2 is 2.04 bits per heavy atom. The molecule has 1 saturated heterocycles. The van der Waals surface area contributed by atoms with Crippen molar-refractivity contribution in [3.63, 3.8) is 0 Å². The molecule has 6 nitrogen and oxygen atoms in total. The van der Waals surface area contributed by atoms with Crippen LogP contribution in [0.3, 0.4) is 0 Å². The van der Waals surface area contributed by atoms with Crippen LogP contribution in [0.4, 0.5) is 4.39 Å². The van der Waals surface area contributed by atoms with Crippen molar-refractivity contribution >= 4 is 17.2 Å². The summed E-state index contributed by atoms with van der Waals surface area (Å²) in [7, 11) is 0. The van der Waals surface area contributed by atoms with Crippen LogP contribution >= 0.6 is 11.3 Å². The SMILES string of the molecule is CCOc1nnc(CN2CCC(C(=O)NCc3ccc(F)cc3)CC2)s1. The maximum Gasteiger partial charge on any atom is 0.294 e. The van der Waals surface area contributed by atoms with Crippen molar-refractivity contribution in [2.24, 2.45) is 5.92 Å². The normalized spacial score (nSPS) is 15.8. The number of nitrogens with zero attached hydrogens (tertiary/aromatic N) is 3. The van der Waals surface area contributed by atoms with Gasteiger partial charge in [-0.3, -0.25) is 9.69 Å². The average Bonchev–Trinajstić information content (AvgIpc) is 3.09. The van der Waals surface area contributed by atoms with E-state index < -0.39 is 0 Å². The van der Waals surface area contributed by atoms with Crippen molar-refractivity contribution in [2.75, 3.05) is 19.7 Å². The van der Waals surface area contributed by atoms with Crippen LogP contribution < -0.4 is 10.1 Å². The van der Waals surface area contributed by atoms with E-state index in [0.717, 1.165) is 43.0 Å². The summed E-state index contributed by atoms with van der Waals surface area (Å²) in [5, 5.41) is 12.7. The van der Waals surface area contributed by atoms with E-state index in [0.29, 0.717) is 18.3 Å². The maximum absolute atomic E-state index is 12.9. The van der Waals surface area contributed by atoms with E-state index in [1.165, 1.54) is 23.5 Å². The van der Waals surface area contributed by atoms with Crippen molar-refractivity contribution in [3.05, 3.63) is 40.7 Å². The summed E-state index contributed by atoms with van der Waals surface area (Å²) in [5.41, 5.74) is 0.901. The van der Waals surface area contributed by atoms with E-state index in [-0.39, 0.29) is 17.6 Å². The molecule has 140 valence electrons. The van der Waals surface area contributed by atoms with E-state index >= 15 is 0 Å². The maximum atomic E-state index is 12.9. The first kappa shape index (κ1) is 18.7. The van der Waals surface area contributed by atoms with Gasteiger partial charge in [0.1, 0.15) is 10.8 Å². The number of carbonyl (C=O) groups excluding carboxylic acids is 1. The molecule has 2 heterocycles. The molecule has 0 saturated carbocycles. The van der Waals surface area contributed by atoms with Gasteiger partial charge in [0.05, 0.1) is 13.2 Å². The highest BCUT2D eigenvalue weighted by Gasteiger charge is 2.25. The molecule has 0 atom stereocenters. The molecular formula is C18H23FN4O2S. The van der Waals surface area contributed by atoms with Crippen LogP contribution in [0, 0.1) is 11.7 Å². The number of halogens is 1. The fourth-order valence-electron chi connectivity index (χ4n) is 2.96. The van der Waals surface area contributed by atoms with Crippen LogP contribution in [0.25, 0.3) is 0 Å². The fraction of sp³-hybridized carbons (Fsp3) is 0.500. The molecule has 1 aliphatic rings. The summed E-state index contributed by atoms with van der Waals surface area (Å²) in [6, 6.07) is 6.20. The van der Waals surface area contributed by atoms with E-state index in [4.69, 9.17) is 4.74 Å². The minimum absolute atomic E-state index is 0.0279. The third kappa shape index (κ3) is 5.22. The van der Waals surface area contributed by atoms with Crippen LogP contribution in [0.1, 0.15) is 30.3 Å². The zero-order valence-electron chi connectivity index (χ0n) is 14.8. The van der Waals surface area contributed by atoms with Crippen molar-refractivity contribution in [1.82, 2.24) is 20.4 Å². The molecule has 1 N–H and O–H groups in total. The number of hydrogen-bond acceptors (Lipinski definition) is 6. The molecule has 1 aliphatic heterocycles. The first-order chi connectivity index (χ1) is 12.6. The molecule has 1 fully saturated rings. The third-order valence-electron chi connectivity index (χ3n) is 4.41. The van der Waals surface area contributed by atoms with E-state index in [9.17, 15) is 9.18 Å². The standard InChI is InChI=1S/C18H23FN4O2S/c1-2-25-18-22-21-16(26-18)12-23-9-7-14(8-10-23)17(24)20-11-13-3-5-15(19)6-4-13/h3-6,14H,2,7-12H2,1H3,(H,20,24). The van der Waals surface area contributed by atoms with Crippen molar-refractivity contribution < 1.29 is 13.9 Å². The van der Waals surface area contributed by atoms with Gasteiger partial charge in [-0.1, -0.05) is 23.5 Å². The second-order valence-corrected chi connectivity index (χ2v) is 7.31. The first-order valence-corrected chi connectivity index (χ1v) is 9.65. The number of benzene rings is 1. The van der Waals surface area contributed by atoms with Gasteiger partial charge in [-0.15, -0.1) is 10.2 Å². The number of nitrogens with one attached hydrogen (secondary N) is 1. The summed E-state index contributed by atoms with van der Waals surface area (Å²) in [6.45, 7) is 5.41. The monoisotopic (exact) mass is 378 g/mol. The molecule has 26 heavy (non-hydrogen) atoms. The Balaban J connectivity index is 1.41. The van der Waals surface area contributed by atoms with Gasteiger partial charge < -0.3 is 10.1 Å². The van der Waals surface area contributed by atoms with Crippen molar-refractivity contribution in [3.8, 4) is 5.19 Å². The number of ether oxygens (including phenoxy) is 1. The number of piperidine rings is 1. The summed E-state index contributed by atoms with van der Waals surface area (Å²) >= 11 is 1.47. The highest BCUT2D eigenvalue weighted by atomic mass is 32.1. The van der Waals surface area contributed by atoms with E-state index in [1.54, 1.807) is 12.1 Å². The number of likely N-dealkylation sites (tertiary alicyclic amines) is 1. The van der Waals surface area contributed by atoms with E-state index in [1.807, 2.05) is 6.92 Å². The summed E-state index contributed by atoms with van der Waals surface area (Å²) in [6.07, 6.45) is 1.65. The highest BCUT2D eigenvalue weighted by molar-refractivity contribution is 7.13. The average molecular weight is 378 g/mol. The minimum atomic E-state index is -0.267. The number of amides is 1. The largest absolute Gasteiger partial charge is 0.469 e. The molecule has 0 radical (unpaired) electrons. The lowest BCUT2D eigenvalue weighted by molar-refractivity contribution is -0.126. The van der Waals surface area contributed by atoms with Gasteiger partial charge >= 0.3 is 0 Å². The molecule has 1 amide bonds. The Morgan fingerprint density at radius 3 is 2.73 bits per heavy atom. The molecule has 3 rings (SSSR count). The highest BCUT2D eigenvalue weighted by Crippen LogP contribution is 2.23. The quantitative estimate of drug-likeness (QED) is 0.802. The van der Waals surface area contributed by atoms with Crippen LogP contribution in [-0.2, 0) is 17.9 Å². The molecule has 0 unspecified atom stereocenters. The Hall–Kier alpha value is -2.06. The molecule has 8 heteroatoms. The van der Waals surface area contributed by atoms with Gasteiger partial charge in [0.25, 0.3) is 5.19 Å². The van der Waals surface area contributed by atoms with Crippen molar-refractivity contribution in [2.45, 2.75) is 32.9 Å². The van der Waals surface area contributed by atoms with Crippen LogP contribution in [0.2, 0.25) is 0 Å². The number of aromatic nitrogens is 2. The molecule has 0 bridgehead atoms. The Kier molecular flexibility index (Phi) is 6.51. The predicted octanol–water partition coefficient (Wildman–Crippen LogP) is 2.60. The smallest absolute Gasteiger partial charge is 0.294 e. The summed E-state index contributed by atoms with van der Waals surface area (Å²) < 4.78 is 18.2. The van der Waals surface area contributed by atoms with E-state index in [2.05, 4.69) is 20.4 Å². The molecule has 0 aliphatic carbocycles. The fourth-order valence-corrected chi connectivity index (χ4v) is 3.75. The van der Waals surface area contributed by atoms with Crippen LogP contribution in [0.15, 0.2) is 24.3 Å². The molecule has 0 spiro atoms.